The maximum atomic E-state index is 15.7. The first-order valence-corrected chi connectivity index (χ1v) is 29.0. The maximum Gasteiger partial charge on any atom is 0.246 e. The van der Waals surface area contributed by atoms with E-state index in [2.05, 4.69) is 70.2 Å². The van der Waals surface area contributed by atoms with Gasteiger partial charge < -0.3 is 36.0 Å². The Morgan fingerprint density at radius 1 is 0.899 bits per heavy atom. The molecule has 7 heterocycles. The number of hydrogen-bond donors (Lipinski definition) is 4. The van der Waals surface area contributed by atoms with E-state index in [0.717, 1.165) is 72.0 Å². The first-order valence-electron chi connectivity index (χ1n) is 28.1. The molecule has 4 aliphatic rings. The second-order valence-corrected chi connectivity index (χ2v) is 24.9. The molecule has 0 aliphatic carbocycles. The lowest BCUT2D eigenvalue weighted by atomic mass is 9.82. The van der Waals surface area contributed by atoms with Crippen molar-refractivity contribution in [1.82, 2.24) is 55.7 Å². The third-order valence-electron chi connectivity index (χ3n) is 16.4. The molecule has 0 bridgehead atoms. The van der Waals surface area contributed by atoms with Crippen molar-refractivity contribution in [2.45, 2.75) is 156 Å². The van der Waals surface area contributed by atoms with Crippen molar-refractivity contribution < 1.29 is 28.0 Å². The van der Waals surface area contributed by atoms with Crippen molar-refractivity contribution in [3.63, 3.8) is 0 Å². The van der Waals surface area contributed by atoms with Gasteiger partial charge >= 0.3 is 0 Å². The lowest BCUT2D eigenvalue weighted by Gasteiger charge is -2.48. The number of unbranched alkanes of at least 4 members (excludes halogenated alkanes) is 2. The van der Waals surface area contributed by atoms with Crippen LogP contribution in [0.15, 0.2) is 60.5 Å². The molecule has 0 saturated carbocycles. The van der Waals surface area contributed by atoms with Gasteiger partial charge in [0.2, 0.25) is 23.6 Å². The number of anilines is 3. The smallest absolute Gasteiger partial charge is 0.246 e. The Morgan fingerprint density at radius 3 is 2.38 bits per heavy atom. The number of aromatic nitrogens is 6. The van der Waals surface area contributed by atoms with E-state index in [9.17, 15) is 19.2 Å². The molecule has 4 amide bonds. The fourth-order valence-electron chi connectivity index (χ4n) is 11.4. The second-order valence-electron chi connectivity index (χ2n) is 24.1. The summed E-state index contributed by atoms with van der Waals surface area (Å²) in [5, 5.41) is 21.3. The zero-order valence-electron chi connectivity index (χ0n) is 46.9. The lowest BCUT2D eigenvalue weighted by Crippen LogP contribution is -2.66. The first kappa shape index (κ1) is 57.1. The molecule has 1 spiro atoms. The lowest BCUT2D eigenvalue weighted by molar-refractivity contribution is -0.144. The molecule has 424 valence electrons. The molecular formula is C58H78F2N14O4S. The Kier molecular flexibility index (Phi) is 17.6. The standard InChI is InChI=1S/C58H78F2N14O4S/c1-38(40-14-16-41(17-15-40)52-39(2)64-37-79-52)65-54(77)46-12-11-23-74(46)55(78)53(56(3,4)5)66-50(75)13-9-8-10-22-73-33-43(68-69-73)31-61-48-30-49(63-36-62-48)71-26-20-58(21-27-71)35-72(34-51(76)67-58)47-29-44(59)42(28-45(47)60)32-70-24-18-57(6,7)19-25-70/h14-17,28-30,33,36-38,46,53H,8-13,18-27,31-32,34-35H2,1-7H3,(H,65,77)(H,66,75)(H,67,76)(H,61,62,63)/t38-,46-,53+/m0/s1. The van der Waals surface area contributed by atoms with Crippen LogP contribution in [0.4, 0.5) is 26.1 Å². The number of halogens is 2. The minimum absolute atomic E-state index is 0.0417. The van der Waals surface area contributed by atoms with Gasteiger partial charge in [-0.05, 0) is 106 Å². The van der Waals surface area contributed by atoms with Crippen LogP contribution in [0.3, 0.4) is 0 Å². The molecule has 0 unspecified atom stereocenters. The zero-order valence-corrected chi connectivity index (χ0v) is 47.7. The van der Waals surface area contributed by atoms with Crippen LogP contribution in [0.2, 0.25) is 0 Å². The van der Waals surface area contributed by atoms with Crippen molar-refractivity contribution in [3.8, 4) is 10.4 Å². The minimum Gasteiger partial charge on any atom is -0.364 e. The molecule has 5 aromatic rings. The van der Waals surface area contributed by atoms with E-state index in [0.29, 0.717) is 89.3 Å². The summed E-state index contributed by atoms with van der Waals surface area (Å²) in [4.78, 5) is 76.4. The van der Waals surface area contributed by atoms with Gasteiger partial charge in [0.1, 0.15) is 47.4 Å². The second kappa shape index (κ2) is 24.4. The molecule has 9 rings (SSSR count). The zero-order chi connectivity index (χ0) is 56.1. The van der Waals surface area contributed by atoms with Crippen molar-refractivity contribution >= 4 is 52.3 Å². The number of amides is 4. The predicted octanol–water partition coefficient (Wildman–Crippen LogP) is 7.95. The monoisotopic (exact) mass is 1100 g/mol. The van der Waals surface area contributed by atoms with Crippen molar-refractivity contribution in [3.05, 3.63) is 94.6 Å². The predicted molar refractivity (Wildman–Crippen MR) is 302 cm³/mol. The Hall–Kier alpha value is -6.61. The third-order valence-corrected chi connectivity index (χ3v) is 17.3. The molecule has 18 nitrogen and oxygen atoms in total. The van der Waals surface area contributed by atoms with Crippen LogP contribution in [0.25, 0.3) is 10.4 Å². The maximum absolute atomic E-state index is 15.7. The van der Waals surface area contributed by atoms with Crippen molar-refractivity contribution in [1.29, 1.82) is 0 Å². The molecule has 4 saturated heterocycles. The van der Waals surface area contributed by atoms with Crippen LogP contribution >= 0.6 is 11.3 Å². The van der Waals surface area contributed by atoms with E-state index in [1.807, 2.05) is 76.7 Å². The van der Waals surface area contributed by atoms with Gasteiger partial charge in [0.05, 0.1) is 52.6 Å². The fraction of sp³-hybridized carbons (Fsp3) is 0.569. The summed E-state index contributed by atoms with van der Waals surface area (Å²) in [7, 11) is 0. The summed E-state index contributed by atoms with van der Waals surface area (Å²) >= 11 is 1.60. The number of carbonyl (C=O) groups excluding carboxylic acids is 4. The Balaban J connectivity index is 0.688. The molecule has 3 atom stereocenters. The molecule has 0 radical (unpaired) electrons. The summed E-state index contributed by atoms with van der Waals surface area (Å²) in [6.07, 6.45) is 10.3. The number of likely N-dealkylation sites (tertiary alicyclic amines) is 2. The highest BCUT2D eigenvalue weighted by atomic mass is 32.1. The quantitative estimate of drug-likeness (QED) is 0.0582. The fourth-order valence-corrected chi connectivity index (χ4v) is 12.2. The highest BCUT2D eigenvalue weighted by Crippen LogP contribution is 2.35. The topological polar surface area (TPSA) is 199 Å². The number of piperidine rings is 2. The summed E-state index contributed by atoms with van der Waals surface area (Å²) in [6, 6.07) is 10.9. The Morgan fingerprint density at radius 2 is 1.66 bits per heavy atom. The van der Waals surface area contributed by atoms with Gasteiger partial charge in [-0.3, -0.25) is 28.8 Å². The number of nitrogens with one attached hydrogen (secondary N) is 4. The molecule has 2 aromatic carbocycles. The molecule has 4 aliphatic heterocycles. The number of thiazole rings is 1. The summed E-state index contributed by atoms with van der Waals surface area (Å²) in [5.41, 5.74) is 5.14. The van der Waals surface area contributed by atoms with Gasteiger partial charge in [0.25, 0.3) is 0 Å². The van der Waals surface area contributed by atoms with E-state index < -0.39 is 34.7 Å². The Bertz CT molecular complexity index is 2940. The van der Waals surface area contributed by atoms with Gasteiger partial charge in [0, 0.05) is 63.4 Å². The van der Waals surface area contributed by atoms with Gasteiger partial charge in [0.15, 0.2) is 0 Å². The molecule has 21 heteroatoms. The first-order chi connectivity index (χ1) is 37.7. The number of aryl methyl sites for hydroxylation is 2. The molecular weight excluding hydrogens is 1030 g/mol. The minimum atomic E-state index is -0.789. The van der Waals surface area contributed by atoms with E-state index in [-0.39, 0.29) is 53.7 Å². The highest BCUT2D eigenvalue weighted by Gasteiger charge is 2.44. The molecule has 4 fully saturated rings. The summed E-state index contributed by atoms with van der Waals surface area (Å²) in [6.45, 7) is 19.2. The highest BCUT2D eigenvalue weighted by molar-refractivity contribution is 7.13. The van der Waals surface area contributed by atoms with Crippen LogP contribution in [0, 0.1) is 29.4 Å². The molecule has 79 heavy (non-hydrogen) atoms. The van der Waals surface area contributed by atoms with E-state index in [4.69, 9.17) is 0 Å². The van der Waals surface area contributed by atoms with Gasteiger partial charge in [-0.25, -0.2) is 23.7 Å². The number of carbonyl (C=O) groups is 4. The average molecular weight is 1110 g/mol. The summed E-state index contributed by atoms with van der Waals surface area (Å²) in [5.74, 6) is -0.460. The normalized spacial score (nSPS) is 19.3. The SMILES string of the molecule is Cc1ncsc1-c1ccc([C@H](C)NC(=O)[C@@H]2CCCN2C(=O)[C@@H](NC(=O)CCCCCn2cc(CNc3cc(N4CCC5(CC4)CN(c4cc(F)c(CN6CCC(C)(C)CC6)cc4F)CC(=O)N5)ncn3)nn2)C(C)(C)C)cc1. The number of piperazine rings is 1. The largest absolute Gasteiger partial charge is 0.364 e. The van der Waals surface area contributed by atoms with Crippen molar-refractivity contribution in [2.75, 3.05) is 60.9 Å². The van der Waals surface area contributed by atoms with Gasteiger partial charge in [-0.1, -0.05) is 70.5 Å². The Labute approximate surface area is 466 Å². The third kappa shape index (κ3) is 14.2. The van der Waals surface area contributed by atoms with Gasteiger partial charge in [-0.15, -0.1) is 16.4 Å². The number of rotatable bonds is 19. The van der Waals surface area contributed by atoms with Crippen LogP contribution in [-0.4, -0.2) is 127 Å². The average Bonchev–Trinajstić information content (AvgIpc) is 4.30. The van der Waals surface area contributed by atoms with Gasteiger partial charge in [-0.2, -0.15) is 0 Å². The van der Waals surface area contributed by atoms with Crippen LogP contribution in [0.5, 0.6) is 0 Å². The van der Waals surface area contributed by atoms with E-state index >= 15 is 8.78 Å². The number of nitrogens with zero attached hydrogens (tertiary/aromatic N) is 10. The van der Waals surface area contributed by atoms with Crippen molar-refractivity contribution in [2.24, 2.45) is 10.8 Å². The van der Waals surface area contributed by atoms with E-state index in [1.54, 1.807) is 25.8 Å². The summed E-state index contributed by atoms with van der Waals surface area (Å²) < 4.78 is 33.1. The molecule has 4 N–H and O–H groups in total. The van der Waals surface area contributed by atoms with Crippen LogP contribution in [-0.2, 0) is 38.8 Å². The number of hydrogen-bond acceptors (Lipinski definition) is 14. The van der Waals surface area contributed by atoms with Crippen LogP contribution in [0.1, 0.15) is 134 Å². The molecule has 3 aromatic heterocycles. The van der Waals surface area contributed by atoms with E-state index in [1.165, 1.54) is 18.5 Å². The van der Waals surface area contributed by atoms with Crippen LogP contribution < -0.4 is 31.1 Å². The number of benzene rings is 2.